The van der Waals surface area contributed by atoms with Crippen LogP contribution in [-0.2, 0) is 6.54 Å². The minimum atomic E-state index is -4.63. The minimum Gasteiger partial charge on any atom is -0.406 e. The van der Waals surface area contributed by atoms with E-state index in [9.17, 15) is 13.2 Å². The van der Waals surface area contributed by atoms with E-state index in [1.807, 2.05) is 0 Å². The Bertz CT molecular complexity index is 446. The van der Waals surface area contributed by atoms with Gasteiger partial charge in [-0.25, -0.2) is 0 Å². The maximum Gasteiger partial charge on any atom is 0.573 e. The van der Waals surface area contributed by atoms with Crippen LogP contribution in [0, 0.1) is 5.92 Å². The largest absolute Gasteiger partial charge is 0.573 e. The number of hydrogen-bond donors (Lipinski definition) is 1. The van der Waals surface area contributed by atoms with Crippen molar-refractivity contribution in [3.63, 3.8) is 0 Å². The summed E-state index contributed by atoms with van der Waals surface area (Å²) in [7, 11) is 0. The summed E-state index contributed by atoms with van der Waals surface area (Å²) in [6.45, 7) is 7.05. The van der Waals surface area contributed by atoms with Gasteiger partial charge in [0.2, 0.25) is 0 Å². The Labute approximate surface area is 141 Å². The molecule has 1 aromatic rings. The fourth-order valence-corrected chi connectivity index (χ4v) is 2.75. The van der Waals surface area contributed by atoms with Crippen LogP contribution < -0.4 is 10.1 Å². The normalized spacial score (nSPS) is 16.9. The van der Waals surface area contributed by atoms with Crippen molar-refractivity contribution in [2.45, 2.75) is 32.7 Å². The topological polar surface area (TPSA) is 24.5 Å². The molecule has 1 aliphatic rings. The van der Waals surface area contributed by atoms with Crippen LogP contribution in [0.4, 0.5) is 13.2 Å². The molecule has 1 heterocycles. The van der Waals surface area contributed by atoms with Gasteiger partial charge in [-0.15, -0.1) is 25.6 Å². The number of benzene rings is 1. The zero-order chi connectivity index (χ0) is 16.0. The summed E-state index contributed by atoms with van der Waals surface area (Å²) in [5.74, 6) is 0.569. The smallest absolute Gasteiger partial charge is 0.406 e. The number of alkyl halides is 3. The Hall–Kier alpha value is -0.980. The van der Waals surface area contributed by atoms with Crippen molar-refractivity contribution in [1.29, 1.82) is 0 Å². The first-order chi connectivity index (χ1) is 10.5. The molecule has 0 bridgehead atoms. The van der Waals surface area contributed by atoms with E-state index >= 15 is 0 Å². The lowest BCUT2D eigenvalue weighted by Crippen LogP contribution is -2.36. The number of nitrogens with zero attached hydrogens (tertiary/aromatic N) is 1. The van der Waals surface area contributed by atoms with Crippen LogP contribution in [0.2, 0.25) is 0 Å². The van der Waals surface area contributed by atoms with Crippen molar-refractivity contribution in [2.75, 3.05) is 26.2 Å². The van der Waals surface area contributed by atoms with Crippen molar-refractivity contribution in [1.82, 2.24) is 10.2 Å². The quantitative estimate of drug-likeness (QED) is 0.842. The molecule has 0 saturated carbocycles. The van der Waals surface area contributed by atoms with Crippen LogP contribution in [0.25, 0.3) is 0 Å². The lowest BCUT2D eigenvalue weighted by atomic mass is 9.96. The highest BCUT2D eigenvalue weighted by Crippen LogP contribution is 2.24. The number of rotatable bonds is 6. The van der Waals surface area contributed by atoms with Crippen molar-refractivity contribution in [3.05, 3.63) is 29.8 Å². The third-order valence-electron chi connectivity index (χ3n) is 3.95. The van der Waals surface area contributed by atoms with Gasteiger partial charge in [-0.1, -0.05) is 19.1 Å². The molecule has 1 N–H and O–H groups in total. The molecule has 0 radical (unpaired) electrons. The van der Waals surface area contributed by atoms with Crippen LogP contribution in [-0.4, -0.2) is 37.4 Å². The first-order valence-corrected chi connectivity index (χ1v) is 7.74. The summed E-state index contributed by atoms with van der Waals surface area (Å²) in [6, 6.07) is 6.15. The first kappa shape index (κ1) is 20.1. The first-order valence-electron chi connectivity index (χ1n) is 7.74. The van der Waals surface area contributed by atoms with E-state index in [0.717, 1.165) is 44.2 Å². The third-order valence-corrected chi connectivity index (χ3v) is 3.95. The standard InChI is InChI=1S/C16H23F3N2O.ClH/c1-2-20-11-13-7-9-21(10-8-13)12-14-3-5-15(6-4-14)22-16(17,18)19;/h3-6,13,20H,2,7-12H2,1H3;1H. The van der Waals surface area contributed by atoms with Crippen LogP contribution in [0.1, 0.15) is 25.3 Å². The fourth-order valence-electron chi connectivity index (χ4n) is 2.75. The summed E-state index contributed by atoms with van der Waals surface area (Å²) in [5, 5.41) is 3.38. The molecule has 1 saturated heterocycles. The molecule has 2 rings (SSSR count). The van der Waals surface area contributed by atoms with Gasteiger partial charge in [-0.3, -0.25) is 4.90 Å². The molecule has 0 aliphatic carbocycles. The number of halogens is 4. The Morgan fingerprint density at radius 2 is 1.78 bits per heavy atom. The van der Waals surface area contributed by atoms with Crippen LogP contribution in [0.5, 0.6) is 5.75 Å². The van der Waals surface area contributed by atoms with E-state index in [1.54, 1.807) is 12.1 Å². The Balaban J connectivity index is 0.00000264. The Morgan fingerprint density at radius 3 is 2.30 bits per heavy atom. The maximum absolute atomic E-state index is 12.1. The molecular formula is C16H24ClF3N2O. The van der Waals surface area contributed by atoms with Crippen LogP contribution >= 0.6 is 12.4 Å². The SMILES string of the molecule is CCNCC1CCN(Cc2ccc(OC(F)(F)F)cc2)CC1.Cl. The van der Waals surface area contributed by atoms with Crippen molar-refractivity contribution in [3.8, 4) is 5.75 Å². The maximum atomic E-state index is 12.1. The van der Waals surface area contributed by atoms with E-state index in [1.165, 1.54) is 25.0 Å². The van der Waals surface area contributed by atoms with E-state index < -0.39 is 6.36 Å². The highest BCUT2D eigenvalue weighted by atomic mass is 35.5. The van der Waals surface area contributed by atoms with E-state index in [4.69, 9.17) is 0 Å². The van der Waals surface area contributed by atoms with Gasteiger partial charge in [0.25, 0.3) is 0 Å². The Kier molecular flexibility index (Phi) is 8.16. The number of nitrogens with one attached hydrogen (secondary N) is 1. The highest BCUT2D eigenvalue weighted by molar-refractivity contribution is 5.85. The van der Waals surface area contributed by atoms with Crippen molar-refractivity contribution < 1.29 is 17.9 Å². The van der Waals surface area contributed by atoms with Gasteiger partial charge < -0.3 is 10.1 Å². The average molecular weight is 353 g/mol. The summed E-state index contributed by atoms with van der Waals surface area (Å²) < 4.78 is 40.2. The molecule has 1 aliphatic heterocycles. The van der Waals surface area contributed by atoms with E-state index in [2.05, 4.69) is 21.9 Å². The predicted octanol–water partition coefficient (Wildman–Crippen LogP) is 3.83. The summed E-state index contributed by atoms with van der Waals surface area (Å²) >= 11 is 0. The molecule has 132 valence electrons. The molecular weight excluding hydrogens is 329 g/mol. The molecule has 23 heavy (non-hydrogen) atoms. The average Bonchev–Trinajstić information content (AvgIpc) is 2.47. The molecule has 0 unspecified atom stereocenters. The summed E-state index contributed by atoms with van der Waals surface area (Å²) in [4.78, 5) is 2.35. The summed E-state index contributed by atoms with van der Waals surface area (Å²) in [6.07, 6.45) is -2.29. The molecule has 0 amide bonds. The van der Waals surface area contributed by atoms with Crippen LogP contribution in [0.3, 0.4) is 0 Å². The lowest BCUT2D eigenvalue weighted by molar-refractivity contribution is -0.274. The molecule has 0 spiro atoms. The molecule has 0 atom stereocenters. The molecule has 1 aromatic carbocycles. The molecule has 7 heteroatoms. The number of hydrogen-bond acceptors (Lipinski definition) is 3. The van der Waals surface area contributed by atoms with Gasteiger partial charge in [-0.05, 0) is 62.6 Å². The van der Waals surface area contributed by atoms with Gasteiger partial charge in [0.1, 0.15) is 5.75 Å². The molecule has 1 fully saturated rings. The van der Waals surface area contributed by atoms with E-state index in [-0.39, 0.29) is 18.2 Å². The predicted molar refractivity (Wildman–Crippen MR) is 86.9 cm³/mol. The molecule has 3 nitrogen and oxygen atoms in total. The van der Waals surface area contributed by atoms with Gasteiger partial charge in [0.15, 0.2) is 0 Å². The summed E-state index contributed by atoms with van der Waals surface area (Å²) in [5.41, 5.74) is 1.01. The highest BCUT2D eigenvalue weighted by Gasteiger charge is 2.31. The minimum absolute atomic E-state index is 0. The van der Waals surface area contributed by atoms with Crippen molar-refractivity contribution >= 4 is 12.4 Å². The van der Waals surface area contributed by atoms with Gasteiger partial charge in [0, 0.05) is 6.54 Å². The molecule has 0 aromatic heterocycles. The fraction of sp³-hybridized carbons (Fsp3) is 0.625. The second-order valence-corrected chi connectivity index (χ2v) is 5.72. The van der Waals surface area contributed by atoms with E-state index in [0.29, 0.717) is 0 Å². The Morgan fingerprint density at radius 1 is 1.17 bits per heavy atom. The van der Waals surface area contributed by atoms with Crippen molar-refractivity contribution in [2.24, 2.45) is 5.92 Å². The number of likely N-dealkylation sites (tertiary alicyclic amines) is 1. The lowest BCUT2D eigenvalue weighted by Gasteiger charge is -2.32. The zero-order valence-corrected chi connectivity index (χ0v) is 14.1. The number of piperidine rings is 1. The second kappa shape index (κ2) is 9.35. The van der Waals surface area contributed by atoms with Gasteiger partial charge in [-0.2, -0.15) is 0 Å². The monoisotopic (exact) mass is 352 g/mol. The second-order valence-electron chi connectivity index (χ2n) is 5.72. The number of ether oxygens (including phenoxy) is 1. The third kappa shape index (κ3) is 7.42. The van der Waals surface area contributed by atoms with Gasteiger partial charge in [0.05, 0.1) is 0 Å². The zero-order valence-electron chi connectivity index (χ0n) is 13.2. The van der Waals surface area contributed by atoms with Gasteiger partial charge >= 0.3 is 6.36 Å². The van der Waals surface area contributed by atoms with Crippen LogP contribution in [0.15, 0.2) is 24.3 Å².